The van der Waals surface area contributed by atoms with Crippen molar-refractivity contribution in [1.82, 2.24) is 5.43 Å². The summed E-state index contributed by atoms with van der Waals surface area (Å²) < 4.78 is 19.4. The van der Waals surface area contributed by atoms with Crippen molar-refractivity contribution in [1.29, 1.82) is 0 Å². The van der Waals surface area contributed by atoms with Crippen LogP contribution in [-0.2, 0) is 0 Å². The lowest BCUT2D eigenvalue weighted by atomic mass is 10.2. The first-order valence-corrected chi connectivity index (χ1v) is 9.26. The Bertz CT molecular complexity index is 1050. The molecule has 0 heterocycles. The molecule has 28 heavy (non-hydrogen) atoms. The summed E-state index contributed by atoms with van der Waals surface area (Å²) in [6, 6.07) is 19.0. The Hall–Kier alpha value is -3.07. The molecule has 3 rings (SSSR count). The zero-order valence-corrected chi connectivity index (χ0v) is 16.6. The van der Waals surface area contributed by atoms with E-state index in [0.29, 0.717) is 11.1 Å². The highest BCUT2D eigenvalue weighted by molar-refractivity contribution is 14.1. The number of halogens is 2. The second-order valence-electron chi connectivity index (χ2n) is 5.68. The molecule has 0 atom stereocenters. The van der Waals surface area contributed by atoms with E-state index in [1.165, 1.54) is 24.4 Å². The van der Waals surface area contributed by atoms with Gasteiger partial charge in [-0.25, -0.2) is 14.6 Å². The van der Waals surface area contributed by atoms with E-state index in [1.807, 2.05) is 6.07 Å². The van der Waals surface area contributed by atoms with Crippen LogP contribution in [0.25, 0.3) is 0 Å². The topological polar surface area (TPSA) is 67.8 Å². The number of ether oxygens (including phenoxy) is 1. The Kier molecular flexibility index (Phi) is 6.49. The van der Waals surface area contributed by atoms with E-state index in [0.717, 1.165) is 9.64 Å². The summed E-state index contributed by atoms with van der Waals surface area (Å²) in [5.41, 5.74) is 3.68. The van der Waals surface area contributed by atoms with Crippen LogP contribution < -0.4 is 10.2 Å². The predicted octanol–water partition coefficient (Wildman–Crippen LogP) is 4.41. The summed E-state index contributed by atoms with van der Waals surface area (Å²) >= 11 is 2.12. The highest BCUT2D eigenvalue weighted by atomic mass is 127. The minimum Gasteiger partial charge on any atom is -0.423 e. The molecule has 3 aromatic rings. The number of nitrogens with zero attached hydrogens (tertiary/aromatic N) is 1. The van der Waals surface area contributed by atoms with E-state index in [1.54, 1.807) is 42.5 Å². The highest BCUT2D eigenvalue weighted by Gasteiger charge is 2.09. The average Bonchev–Trinajstić information content (AvgIpc) is 2.68. The van der Waals surface area contributed by atoms with E-state index < -0.39 is 11.8 Å². The molecular weight excluding hydrogens is 474 g/mol. The Morgan fingerprint density at radius 1 is 0.964 bits per heavy atom. The minimum atomic E-state index is -0.666. The van der Waals surface area contributed by atoms with Crippen LogP contribution in [0, 0.1) is 9.39 Å². The van der Waals surface area contributed by atoms with Crippen LogP contribution in [0.3, 0.4) is 0 Å². The molecule has 0 radical (unpaired) electrons. The Balaban J connectivity index is 1.63. The smallest absolute Gasteiger partial charge is 0.343 e. The van der Waals surface area contributed by atoms with Crippen LogP contribution >= 0.6 is 22.6 Å². The van der Waals surface area contributed by atoms with Gasteiger partial charge in [0.2, 0.25) is 0 Å². The zero-order chi connectivity index (χ0) is 19.9. The van der Waals surface area contributed by atoms with Crippen LogP contribution in [0.15, 0.2) is 77.9 Å². The van der Waals surface area contributed by atoms with Gasteiger partial charge in [-0.1, -0.05) is 24.3 Å². The third kappa shape index (κ3) is 5.46. The highest BCUT2D eigenvalue weighted by Crippen LogP contribution is 2.15. The fourth-order valence-corrected chi connectivity index (χ4v) is 2.84. The number of amides is 1. The average molecular weight is 488 g/mol. The number of hydrogen-bond donors (Lipinski definition) is 1. The zero-order valence-electron chi connectivity index (χ0n) is 14.4. The van der Waals surface area contributed by atoms with E-state index in [-0.39, 0.29) is 17.2 Å². The Morgan fingerprint density at radius 3 is 2.50 bits per heavy atom. The second-order valence-corrected chi connectivity index (χ2v) is 6.93. The molecule has 5 nitrogen and oxygen atoms in total. The van der Waals surface area contributed by atoms with Gasteiger partial charge in [0.25, 0.3) is 5.91 Å². The molecular formula is C21H14FIN2O3. The lowest BCUT2D eigenvalue weighted by molar-refractivity contribution is 0.0734. The normalized spacial score (nSPS) is 10.6. The number of hydrogen-bond acceptors (Lipinski definition) is 4. The summed E-state index contributed by atoms with van der Waals surface area (Å²) in [4.78, 5) is 24.1. The largest absolute Gasteiger partial charge is 0.423 e. The third-order valence-electron chi connectivity index (χ3n) is 3.60. The summed E-state index contributed by atoms with van der Waals surface area (Å²) in [7, 11) is 0. The van der Waals surface area contributed by atoms with Crippen molar-refractivity contribution >= 4 is 40.7 Å². The fraction of sp³-hybridized carbons (Fsp3) is 0. The van der Waals surface area contributed by atoms with Crippen LogP contribution in [0.2, 0.25) is 0 Å². The standard InChI is InChI=1S/C21H14FIN2O3/c22-17-7-2-6-16(11-17)21(27)28-19-9-1-4-14(10-19)13-24-25-20(26)15-5-3-8-18(23)12-15/h1-13H,(H,25,26)/b24-13-. The number of esters is 1. The molecule has 140 valence electrons. The van der Waals surface area contributed by atoms with Crippen molar-refractivity contribution in [3.8, 4) is 5.75 Å². The van der Waals surface area contributed by atoms with Crippen LogP contribution in [0.4, 0.5) is 4.39 Å². The molecule has 0 saturated heterocycles. The molecule has 0 aliphatic heterocycles. The van der Waals surface area contributed by atoms with Gasteiger partial charge in [0.15, 0.2) is 0 Å². The molecule has 0 saturated carbocycles. The van der Waals surface area contributed by atoms with Crippen molar-refractivity contribution in [3.05, 3.63) is 98.9 Å². The van der Waals surface area contributed by atoms with Gasteiger partial charge < -0.3 is 4.74 Å². The number of rotatable bonds is 5. The maximum atomic E-state index is 13.2. The first-order chi connectivity index (χ1) is 13.5. The predicted molar refractivity (Wildman–Crippen MR) is 112 cm³/mol. The molecule has 7 heteroatoms. The lowest BCUT2D eigenvalue weighted by Crippen LogP contribution is -2.17. The molecule has 0 spiro atoms. The SMILES string of the molecule is O=C(N/N=C\c1cccc(OC(=O)c2cccc(F)c2)c1)c1cccc(I)c1. The molecule has 0 aliphatic carbocycles. The van der Waals surface area contributed by atoms with Crippen molar-refractivity contribution in [3.63, 3.8) is 0 Å². The lowest BCUT2D eigenvalue weighted by Gasteiger charge is -2.05. The maximum Gasteiger partial charge on any atom is 0.343 e. The second kappa shape index (κ2) is 9.23. The van der Waals surface area contributed by atoms with Gasteiger partial charge in [-0.15, -0.1) is 0 Å². The number of nitrogens with one attached hydrogen (secondary N) is 1. The number of benzene rings is 3. The van der Waals surface area contributed by atoms with Crippen molar-refractivity contribution < 1.29 is 18.7 Å². The van der Waals surface area contributed by atoms with E-state index in [2.05, 4.69) is 33.1 Å². The molecule has 0 fully saturated rings. The van der Waals surface area contributed by atoms with Gasteiger partial charge in [-0.3, -0.25) is 4.79 Å². The van der Waals surface area contributed by atoms with Gasteiger partial charge in [0.1, 0.15) is 11.6 Å². The monoisotopic (exact) mass is 488 g/mol. The molecule has 0 bridgehead atoms. The van der Waals surface area contributed by atoms with E-state index in [4.69, 9.17) is 4.74 Å². The van der Waals surface area contributed by atoms with E-state index >= 15 is 0 Å². The summed E-state index contributed by atoms with van der Waals surface area (Å²) in [5, 5.41) is 3.92. The number of carbonyl (C=O) groups excluding carboxylic acids is 2. The van der Waals surface area contributed by atoms with Gasteiger partial charge in [-0.05, 0) is 76.7 Å². The van der Waals surface area contributed by atoms with Crippen LogP contribution in [0.5, 0.6) is 5.75 Å². The Morgan fingerprint density at radius 2 is 1.71 bits per heavy atom. The molecule has 0 aliphatic rings. The van der Waals surface area contributed by atoms with E-state index in [9.17, 15) is 14.0 Å². The van der Waals surface area contributed by atoms with Crippen LogP contribution in [-0.4, -0.2) is 18.1 Å². The molecule has 3 aromatic carbocycles. The number of hydrazone groups is 1. The van der Waals surface area contributed by atoms with Crippen molar-refractivity contribution in [2.75, 3.05) is 0 Å². The Labute approximate surface area is 174 Å². The molecule has 0 unspecified atom stereocenters. The minimum absolute atomic E-state index is 0.115. The molecule has 0 aromatic heterocycles. The fourth-order valence-electron chi connectivity index (χ4n) is 2.30. The quantitative estimate of drug-likeness (QED) is 0.190. The molecule has 1 N–H and O–H groups in total. The van der Waals surface area contributed by atoms with Crippen LogP contribution in [0.1, 0.15) is 26.3 Å². The van der Waals surface area contributed by atoms with Gasteiger partial charge in [0, 0.05) is 9.13 Å². The van der Waals surface area contributed by atoms with Gasteiger partial charge in [0.05, 0.1) is 11.8 Å². The first-order valence-electron chi connectivity index (χ1n) is 8.18. The summed E-state index contributed by atoms with van der Waals surface area (Å²) in [6.07, 6.45) is 1.44. The first kappa shape index (κ1) is 19.7. The number of carbonyl (C=O) groups is 2. The van der Waals surface area contributed by atoms with Crippen molar-refractivity contribution in [2.45, 2.75) is 0 Å². The van der Waals surface area contributed by atoms with Gasteiger partial charge in [-0.2, -0.15) is 5.10 Å². The summed E-state index contributed by atoms with van der Waals surface area (Å²) in [5.74, 6) is -1.23. The molecule has 1 amide bonds. The summed E-state index contributed by atoms with van der Waals surface area (Å²) in [6.45, 7) is 0. The maximum absolute atomic E-state index is 13.2. The van der Waals surface area contributed by atoms with Gasteiger partial charge >= 0.3 is 5.97 Å². The van der Waals surface area contributed by atoms with Crippen molar-refractivity contribution in [2.24, 2.45) is 5.10 Å². The third-order valence-corrected chi connectivity index (χ3v) is 4.27.